The molecule has 1 N–H and O–H groups in total. The average molecular weight is 243 g/mol. The van der Waals surface area contributed by atoms with Crippen molar-refractivity contribution >= 4 is 19.9 Å². The van der Waals surface area contributed by atoms with Gasteiger partial charge in [0.05, 0.1) is 6.10 Å². The van der Waals surface area contributed by atoms with E-state index in [9.17, 15) is 16.8 Å². The lowest BCUT2D eigenvalue weighted by atomic mass is 10.3. The number of β-amino-alcohol motifs (C(OH)–C–C–N with tert-alkyl or cyclic N) is 1. The quantitative estimate of drug-likeness (QED) is 0.643. The van der Waals surface area contributed by atoms with Gasteiger partial charge in [-0.2, -0.15) is 4.31 Å². The summed E-state index contributed by atoms with van der Waals surface area (Å²) in [5.41, 5.74) is 0. The summed E-state index contributed by atoms with van der Waals surface area (Å²) < 4.78 is 45.5. The van der Waals surface area contributed by atoms with Crippen LogP contribution < -0.4 is 0 Å². The van der Waals surface area contributed by atoms with Crippen molar-refractivity contribution in [2.75, 3.05) is 24.4 Å². The molecule has 0 radical (unpaired) electrons. The summed E-state index contributed by atoms with van der Waals surface area (Å²) in [7, 11) is -7.31. The molecule has 84 valence electrons. The Morgan fingerprint density at radius 3 is 2.29 bits per heavy atom. The molecule has 8 heteroatoms. The third kappa shape index (κ3) is 3.19. The largest absolute Gasteiger partial charge is 0.392 e. The molecule has 1 heterocycles. The van der Waals surface area contributed by atoms with Gasteiger partial charge >= 0.3 is 0 Å². The van der Waals surface area contributed by atoms with Crippen molar-refractivity contribution < 1.29 is 21.9 Å². The van der Waals surface area contributed by atoms with Gasteiger partial charge in [-0.15, -0.1) is 0 Å². The summed E-state index contributed by atoms with van der Waals surface area (Å²) in [5, 5.41) is 8.22. The van der Waals surface area contributed by atoms with E-state index in [1.807, 2.05) is 0 Å². The van der Waals surface area contributed by atoms with E-state index in [2.05, 4.69) is 0 Å². The van der Waals surface area contributed by atoms with Gasteiger partial charge in [0.2, 0.25) is 10.0 Å². The van der Waals surface area contributed by atoms with E-state index >= 15 is 0 Å². The lowest BCUT2D eigenvalue weighted by Crippen LogP contribution is -2.34. The Hall–Kier alpha value is -0.180. The van der Waals surface area contributed by atoms with Crippen molar-refractivity contribution in [3.8, 4) is 0 Å². The summed E-state index contributed by atoms with van der Waals surface area (Å²) in [6.07, 6.45) is 0.560. The van der Waals surface area contributed by atoms with Crippen LogP contribution in [0.3, 0.4) is 0 Å². The molecular formula is C6H13NO5S2. The van der Waals surface area contributed by atoms with Crippen LogP contribution in [0, 0.1) is 0 Å². The number of sulfone groups is 1. The van der Waals surface area contributed by atoms with Gasteiger partial charge in [0.1, 0.15) is 0 Å². The second-order valence-corrected chi connectivity index (χ2v) is 7.93. The first-order valence-electron chi connectivity index (χ1n) is 4.04. The van der Waals surface area contributed by atoms with E-state index < -0.39 is 31.0 Å². The van der Waals surface area contributed by atoms with Gasteiger partial charge in [0.25, 0.3) is 0 Å². The molecule has 1 aliphatic heterocycles. The van der Waals surface area contributed by atoms with Crippen LogP contribution in [0.5, 0.6) is 0 Å². The van der Waals surface area contributed by atoms with Crippen molar-refractivity contribution in [1.82, 2.24) is 4.31 Å². The second-order valence-electron chi connectivity index (χ2n) is 3.46. The van der Waals surface area contributed by atoms with Gasteiger partial charge in [-0.1, -0.05) is 0 Å². The number of hydrogen-bond acceptors (Lipinski definition) is 5. The Balaban J connectivity index is 2.77. The molecule has 0 aromatic rings. The van der Waals surface area contributed by atoms with Crippen molar-refractivity contribution in [3.05, 3.63) is 0 Å². The lowest BCUT2D eigenvalue weighted by Gasteiger charge is -2.14. The lowest BCUT2D eigenvalue weighted by molar-refractivity contribution is 0.189. The third-order valence-electron chi connectivity index (χ3n) is 1.88. The summed E-state index contributed by atoms with van der Waals surface area (Å²) in [5.74, 6) is 0. The molecular weight excluding hydrogens is 230 g/mol. The molecule has 0 saturated carbocycles. The minimum Gasteiger partial charge on any atom is -0.392 e. The van der Waals surface area contributed by atoms with E-state index in [4.69, 9.17) is 5.11 Å². The molecule has 0 bridgehead atoms. The topological polar surface area (TPSA) is 91.8 Å². The zero-order chi connectivity index (χ0) is 11.0. The van der Waals surface area contributed by atoms with E-state index in [0.29, 0.717) is 6.42 Å². The summed E-state index contributed by atoms with van der Waals surface area (Å²) in [6, 6.07) is 0. The van der Waals surface area contributed by atoms with Crippen LogP contribution >= 0.6 is 0 Å². The first-order valence-corrected chi connectivity index (χ1v) is 7.71. The predicted molar refractivity (Wildman–Crippen MR) is 50.8 cm³/mol. The van der Waals surface area contributed by atoms with Gasteiger partial charge < -0.3 is 5.11 Å². The van der Waals surface area contributed by atoms with E-state index in [0.717, 1.165) is 10.6 Å². The fraction of sp³-hybridized carbons (Fsp3) is 1.00. The molecule has 1 atom stereocenters. The zero-order valence-electron chi connectivity index (χ0n) is 7.75. The Labute approximate surface area is 83.5 Å². The first-order chi connectivity index (χ1) is 6.21. The maximum atomic E-state index is 11.4. The fourth-order valence-corrected chi connectivity index (χ4v) is 4.85. The van der Waals surface area contributed by atoms with E-state index in [-0.39, 0.29) is 13.1 Å². The Bertz CT molecular complexity index is 398. The highest BCUT2D eigenvalue weighted by atomic mass is 32.3. The number of hydrogen-bond donors (Lipinski definition) is 1. The first kappa shape index (κ1) is 11.9. The molecule has 14 heavy (non-hydrogen) atoms. The minimum absolute atomic E-state index is 0.00213. The highest BCUT2D eigenvalue weighted by Gasteiger charge is 2.32. The third-order valence-corrected chi connectivity index (χ3v) is 5.90. The zero-order valence-corrected chi connectivity index (χ0v) is 9.38. The van der Waals surface area contributed by atoms with Crippen LogP contribution in [0.25, 0.3) is 0 Å². The molecule has 1 saturated heterocycles. The number of rotatable bonds is 3. The van der Waals surface area contributed by atoms with Gasteiger partial charge in [0, 0.05) is 19.3 Å². The van der Waals surface area contributed by atoms with Crippen LogP contribution in [-0.4, -0.2) is 56.8 Å². The Morgan fingerprint density at radius 2 is 1.93 bits per heavy atom. The molecule has 0 aromatic heterocycles. The van der Waals surface area contributed by atoms with Crippen LogP contribution in [0.15, 0.2) is 0 Å². The van der Waals surface area contributed by atoms with Crippen molar-refractivity contribution in [3.63, 3.8) is 0 Å². The fourth-order valence-electron chi connectivity index (χ4n) is 1.31. The number of sulfonamides is 1. The minimum atomic E-state index is -3.77. The SMILES string of the molecule is CS(=O)(=O)CS(=O)(=O)N1CC[C@@H](O)C1. The highest BCUT2D eigenvalue weighted by Crippen LogP contribution is 2.14. The van der Waals surface area contributed by atoms with Crippen molar-refractivity contribution in [2.24, 2.45) is 0 Å². The highest BCUT2D eigenvalue weighted by molar-refractivity contribution is 8.06. The Kier molecular flexibility index (Phi) is 3.20. The molecule has 1 aliphatic rings. The summed E-state index contributed by atoms with van der Waals surface area (Å²) >= 11 is 0. The maximum absolute atomic E-state index is 11.4. The van der Waals surface area contributed by atoms with Gasteiger partial charge in [0.15, 0.2) is 14.9 Å². The number of nitrogens with zero attached hydrogens (tertiary/aromatic N) is 1. The standard InChI is InChI=1S/C6H13NO5S2/c1-13(9,10)5-14(11,12)7-3-2-6(8)4-7/h6,8H,2-5H2,1H3/t6-/m1/s1. The van der Waals surface area contributed by atoms with Crippen molar-refractivity contribution in [2.45, 2.75) is 12.5 Å². The molecule has 0 unspecified atom stereocenters. The second kappa shape index (κ2) is 3.76. The van der Waals surface area contributed by atoms with Gasteiger partial charge in [-0.3, -0.25) is 0 Å². The van der Waals surface area contributed by atoms with Gasteiger partial charge in [-0.05, 0) is 6.42 Å². The van der Waals surface area contributed by atoms with Crippen LogP contribution in [0.4, 0.5) is 0 Å². The van der Waals surface area contributed by atoms with Crippen LogP contribution in [0.2, 0.25) is 0 Å². The molecule has 0 aliphatic carbocycles. The number of aliphatic hydroxyl groups is 1. The van der Waals surface area contributed by atoms with Gasteiger partial charge in [-0.25, -0.2) is 16.8 Å². The molecule has 0 amide bonds. The normalized spacial score (nSPS) is 25.4. The summed E-state index contributed by atoms with van der Waals surface area (Å²) in [6.45, 7) is 0.191. The molecule has 0 spiro atoms. The monoisotopic (exact) mass is 243 g/mol. The smallest absolute Gasteiger partial charge is 0.228 e. The maximum Gasteiger partial charge on any atom is 0.228 e. The van der Waals surface area contributed by atoms with Crippen LogP contribution in [0.1, 0.15) is 6.42 Å². The van der Waals surface area contributed by atoms with Crippen LogP contribution in [-0.2, 0) is 19.9 Å². The predicted octanol–water partition coefficient (Wildman–Crippen LogP) is -1.62. The molecule has 1 rings (SSSR count). The Morgan fingerprint density at radius 1 is 1.36 bits per heavy atom. The van der Waals surface area contributed by atoms with Crippen molar-refractivity contribution in [1.29, 1.82) is 0 Å². The van der Waals surface area contributed by atoms with E-state index in [1.54, 1.807) is 0 Å². The molecule has 6 nitrogen and oxygen atoms in total. The van der Waals surface area contributed by atoms with E-state index in [1.165, 1.54) is 0 Å². The number of aliphatic hydroxyl groups excluding tert-OH is 1. The molecule has 0 aromatic carbocycles. The average Bonchev–Trinajstić information content (AvgIpc) is 2.29. The molecule has 1 fully saturated rings. The summed E-state index contributed by atoms with van der Waals surface area (Å²) in [4.78, 5) is 0.